The Hall–Kier alpha value is -1.13. The van der Waals surface area contributed by atoms with E-state index in [9.17, 15) is 9.90 Å². The minimum absolute atomic E-state index is 0.0841. The third-order valence-electron chi connectivity index (χ3n) is 4.28. The normalized spacial score (nSPS) is 37.8. The van der Waals surface area contributed by atoms with Gasteiger partial charge in [0.2, 0.25) is 0 Å². The Morgan fingerprint density at radius 1 is 1.45 bits per heavy atom. The van der Waals surface area contributed by atoms with E-state index in [0.29, 0.717) is 30.6 Å². The molecule has 0 radical (unpaired) electrons. The lowest BCUT2D eigenvalue weighted by Gasteiger charge is -2.38. The van der Waals surface area contributed by atoms with Crippen LogP contribution in [0.5, 0.6) is 0 Å². The third-order valence-corrected chi connectivity index (χ3v) is 4.28. The molecule has 0 spiro atoms. The molecule has 110 valence electrons. The van der Waals surface area contributed by atoms with Gasteiger partial charge in [-0.2, -0.15) is 0 Å². The van der Waals surface area contributed by atoms with E-state index in [1.807, 2.05) is 27.7 Å². The Kier molecular flexibility index (Phi) is 2.89. The second-order valence-electron chi connectivity index (χ2n) is 6.95. The van der Waals surface area contributed by atoms with E-state index in [1.165, 1.54) is 5.57 Å². The van der Waals surface area contributed by atoms with Gasteiger partial charge in [-0.05, 0) is 27.7 Å². The second-order valence-corrected chi connectivity index (χ2v) is 6.95. The van der Waals surface area contributed by atoms with Crippen molar-refractivity contribution in [3.05, 3.63) is 23.0 Å². The van der Waals surface area contributed by atoms with Crippen molar-refractivity contribution in [2.24, 2.45) is 0 Å². The van der Waals surface area contributed by atoms with Crippen molar-refractivity contribution < 1.29 is 19.4 Å². The van der Waals surface area contributed by atoms with E-state index in [4.69, 9.17) is 9.47 Å². The Bertz CT molecular complexity index is 525. The lowest BCUT2D eigenvalue weighted by atomic mass is 9.78. The van der Waals surface area contributed by atoms with E-state index in [-0.39, 0.29) is 11.9 Å². The molecule has 4 nitrogen and oxygen atoms in total. The third kappa shape index (κ3) is 2.02. The van der Waals surface area contributed by atoms with Crippen molar-refractivity contribution in [1.82, 2.24) is 0 Å². The average molecular weight is 278 g/mol. The number of ether oxygens (including phenoxy) is 2. The molecule has 0 saturated carbocycles. The van der Waals surface area contributed by atoms with Gasteiger partial charge in [-0.1, -0.05) is 11.6 Å². The molecule has 4 heteroatoms. The molecule has 2 aliphatic heterocycles. The van der Waals surface area contributed by atoms with Gasteiger partial charge in [-0.25, -0.2) is 0 Å². The molecule has 1 fully saturated rings. The number of Topliss-reactive ketones (excluding diaryl/α,β-unsaturated/α-hetero) is 1. The number of ketones is 1. The van der Waals surface area contributed by atoms with Crippen LogP contribution in [0.3, 0.4) is 0 Å². The molecule has 2 heterocycles. The fraction of sp³-hybridized carbons (Fsp3) is 0.688. The monoisotopic (exact) mass is 278 g/mol. The molecule has 1 N–H and O–H groups in total. The molecule has 3 rings (SSSR count). The van der Waals surface area contributed by atoms with Crippen LogP contribution in [0.4, 0.5) is 0 Å². The predicted molar refractivity (Wildman–Crippen MR) is 74.1 cm³/mol. The summed E-state index contributed by atoms with van der Waals surface area (Å²) in [5.74, 6) is 0.757. The average Bonchev–Trinajstić information content (AvgIpc) is 3.05. The van der Waals surface area contributed by atoms with Crippen molar-refractivity contribution in [1.29, 1.82) is 0 Å². The summed E-state index contributed by atoms with van der Waals surface area (Å²) >= 11 is 0. The van der Waals surface area contributed by atoms with Gasteiger partial charge < -0.3 is 14.6 Å². The first-order chi connectivity index (χ1) is 9.25. The summed E-state index contributed by atoms with van der Waals surface area (Å²) in [6, 6.07) is 0. The van der Waals surface area contributed by atoms with Crippen molar-refractivity contribution in [3.63, 3.8) is 0 Å². The van der Waals surface area contributed by atoms with Crippen LogP contribution < -0.4 is 0 Å². The van der Waals surface area contributed by atoms with Gasteiger partial charge in [0.15, 0.2) is 11.4 Å². The molecule has 0 unspecified atom stereocenters. The summed E-state index contributed by atoms with van der Waals surface area (Å²) in [4.78, 5) is 12.3. The van der Waals surface area contributed by atoms with Gasteiger partial charge >= 0.3 is 0 Å². The van der Waals surface area contributed by atoms with Crippen LogP contribution in [-0.2, 0) is 14.3 Å². The highest BCUT2D eigenvalue weighted by molar-refractivity contribution is 5.98. The van der Waals surface area contributed by atoms with Crippen molar-refractivity contribution in [2.75, 3.05) is 0 Å². The molecular formula is C16H22O4. The summed E-state index contributed by atoms with van der Waals surface area (Å²) < 4.78 is 11.9. The van der Waals surface area contributed by atoms with Gasteiger partial charge in [-0.15, -0.1) is 0 Å². The number of carbonyl (C=O) groups is 1. The van der Waals surface area contributed by atoms with Gasteiger partial charge in [0.1, 0.15) is 17.5 Å². The molecule has 3 aliphatic rings. The maximum absolute atomic E-state index is 12.3. The minimum Gasteiger partial charge on any atom is -0.488 e. The van der Waals surface area contributed by atoms with Crippen molar-refractivity contribution >= 4 is 5.78 Å². The molecule has 20 heavy (non-hydrogen) atoms. The topological polar surface area (TPSA) is 59.1 Å². The molecule has 1 saturated heterocycles. The Balaban J connectivity index is 2.01. The minimum atomic E-state index is -0.613. The zero-order chi connectivity index (χ0) is 14.7. The van der Waals surface area contributed by atoms with Gasteiger partial charge in [0.05, 0.1) is 12.5 Å². The molecule has 0 bridgehead atoms. The standard InChI is InChI=1S/C16H22O4/c1-9(2)5-6-16-13-10(7-11(17)14(16)20-16)12(18)8-15(3,4)19-13/h5,11,14,17H,6-8H2,1-4H3/t11-,14+,16-/m1/s1. The maximum Gasteiger partial charge on any atom is 0.166 e. The van der Waals surface area contributed by atoms with Crippen LogP contribution in [0.2, 0.25) is 0 Å². The first-order valence-corrected chi connectivity index (χ1v) is 7.20. The highest BCUT2D eigenvalue weighted by Gasteiger charge is 2.67. The number of aliphatic hydroxyl groups excluding tert-OH is 1. The molecule has 0 aromatic carbocycles. The van der Waals surface area contributed by atoms with Crippen LogP contribution in [0.15, 0.2) is 23.0 Å². The number of epoxide rings is 1. The molecule has 0 aromatic heterocycles. The van der Waals surface area contributed by atoms with E-state index >= 15 is 0 Å². The van der Waals surface area contributed by atoms with Crippen LogP contribution in [0.1, 0.15) is 47.0 Å². The van der Waals surface area contributed by atoms with E-state index in [2.05, 4.69) is 6.08 Å². The molecular weight excluding hydrogens is 256 g/mol. The number of hydrogen-bond acceptors (Lipinski definition) is 4. The largest absolute Gasteiger partial charge is 0.488 e. The molecule has 0 aromatic rings. The van der Waals surface area contributed by atoms with Gasteiger partial charge in [-0.3, -0.25) is 4.79 Å². The quantitative estimate of drug-likeness (QED) is 0.622. The predicted octanol–water partition coefficient (Wildman–Crippen LogP) is 2.27. The van der Waals surface area contributed by atoms with Crippen molar-refractivity contribution in [2.45, 2.75) is 70.4 Å². The summed E-state index contributed by atoms with van der Waals surface area (Å²) in [5, 5.41) is 10.1. The highest BCUT2D eigenvalue weighted by atomic mass is 16.7. The smallest absolute Gasteiger partial charge is 0.166 e. The Morgan fingerprint density at radius 2 is 2.15 bits per heavy atom. The summed E-state index contributed by atoms with van der Waals surface area (Å²) in [7, 11) is 0. The highest BCUT2D eigenvalue weighted by Crippen LogP contribution is 2.56. The lowest BCUT2D eigenvalue weighted by molar-refractivity contribution is -0.125. The van der Waals surface area contributed by atoms with Crippen LogP contribution in [0.25, 0.3) is 0 Å². The van der Waals surface area contributed by atoms with Crippen molar-refractivity contribution in [3.8, 4) is 0 Å². The van der Waals surface area contributed by atoms with Crippen LogP contribution >= 0.6 is 0 Å². The summed E-state index contributed by atoms with van der Waals surface area (Å²) in [5.41, 5.74) is 0.717. The lowest BCUT2D eigenvalue weighted by Crippen LogP contribution is -2.43. The first-order valence-electron chi connectivity index (χ1n) is 7.20. The van der Waals surface area contributed by atoms with E-state index in [0.717, 1.165) is 0 Å². The Labute approximate surface area is 119 Å². The summed E-state index contributed by atoms with van der Waals surface area (Å²) in [6.45, 7) is 7.90. The maximum atomic E-state index is 12.3. The molecule has 3 atom stereocenters. The number of fused-ring (bicyclic) bond motifs is 2. The van der Waals surface area contributed by atoms with Crippen LogP contribution in [0, 0.1) is 0 Å². The SMILES string of the molecule is CC(C)=CC[C@]12O[C@H]1[C@H](O)CC1=C2OC(C)(C)CC1=O. The van der Waals surface area contributed by atoms with E-state index < -0.39 is 17.3 Å². The number of allylic oxidation sites excluding steroid dienone is 1. The zero-order valence-electron chi connectivity index (χ0n) is 12.5. The number of rotatable bonds is 2. The fourth-order valence-electron chi connectivity index (χ4n) is 3.24. The molecule has 1 aliphatic carbocycles. The number of hydrogen-bond donors (Lipinski definition) is 1. The summed E-state index contributed by atoms with van der Waals surface area (Å²) in [6.07, 6.45) is 2.61. The van der Waals surface area contributed by atoms with Gasteiger partial charge in [0.25, 0.3) is 0 Å². The van der Waals surface area contributed by atoms with Crippen LogP contribution in [-0.4, -0.2) is 34.3 Å². The molecule has 0 amide bonds. The fourth-order valence-corrected chi connectivity index (χ4v) is 3.24. The number of carbonyl (C=O) groups excluding carboxylic acids is 1. The zero-order valence-corrected chi connectivity index (χ0v) is 12.5. The Morgan fingerprint density at radius 3 is 2.80 bits per heavy atom. The number of aliphatic hydroxyl groups is 1. The first kappa shape index (κ1) is 13.8. The van der Waals surface area contributed by atoms with Gasteiger partial charge in [0, 0.05) is 18.4 Å². The second kappa shape index (κ2) is 4.18. The van der Waals surface area contributed by atoms with E-state index in [1.54, 1.807) is 0 Å².